The lowest BCUT2D eigenvalue weighted by molar-refractivity contribution is -0.134. The molecule has 3 rings (SSSR count). The van der Waals surface area contributed by atoms with Crippen LogP contribution in [-0.2, 0) is 14.8 Å². The third-order valence-corrected chi connectivity index (χ3v) is 8.00. The highest BCUT2D eigenvalue weighted by Gasteiger charge is 2.27. The molecule has 0 radical (unpaired) electrons. The largest absolute Gasteiger partial charge is 0.490 e. The molecule has 1 saturated heterocycles. The summed E-state index contributed by atoms with van der Waals surface area (Å²) in [6.07, 6.45) is 4.90. The molecule has 38 heavy (non-hydrogen) atoms. The summed E-state index contributed by atoms with van der Waals surface area (Å²) < 4.78 is 33.5. The number of anilines is 1. The van der Waals surface area contributed by atoms with Gasteiger partial charge in [-0.1, -0.05) is 30.4 Å². The van der Waals surface area contributed by atoms with Gasteiger partial charge >= 0.3 is 5.97 Å². The van der Waals surface area contributed by atoms with Crippen molar-refractivity contribution in [1.82, 2.24) is 4.90 Å². The van der Waals surface area contributed by atoms with E-state index < -0.39 is 21.7 Å². The number of ether oxygens (including phenoxy) is 1. The van der Waals surface area contributed by atoms with Crippen LogP contribution in [0, 0.1) is 24.7 Å². The molecule has 2 aromatic carbocycles. The fraction of sp³-hybridized carbons (Fsp3) is 0.370. The molecule has 0 atom stereocenters. The van der Waals surface area contributed by atoms with E-state index in [0.717, 1.165) is 46.9 Å². The summed E-state index contributed by atoms with van der Waals surface area (Å²) >= 11 is 0. The highest BCUT2D eigenvalue weighted by Crippen LogP contribution is 2.32. The van der Waals surface area contributed by atoms with E-state index in [0.29, 0.717) is 22.8 Å². The van der Waals surface area contributed by atoms with Gasteiger partial charge in [0, 0.05) is 31.5 Å². The number of amidine groups is 2. The van der Waals surface area contributed by atoms with Crippen molar-refractivity contribution in [2.75, 3.05) is 29.7 Å². The summed E-state index contributed by atoms with van der Waals surface area (Å²) in [6, 6.07) is 10.4. The lowest BCUT2D eigenvalue weighted by Crippen LogP contribution is -2.40. The number of hydrogen-bond acceptors (Lipinski definition) is 6. The molecule has 2 aromatic rings. The van der Waals surface area contributed by atoms with Crippen LogP contribution in [0.1, 0.15) is 42.0 Å². The molecule has 0 saturated carbocycles. The number of carboxylic acids is 1. The number of nitrogens with one attached hydrogen (secondary N) is 2. The Hall–Kier alpha value is -3.86. The average molecular weight is 542 g/mol. The highest BCUT2D eigenvalue weighted by atomic mass is 32.2. The molecule has 0 aliphatic carbocycles. The summed E-state index contributed by atoms with van der Waals surface area (Å²) in [4.78, 5) is 13.3. The molecule has 1 aliphatic heterocycles. The van der Waals surface area contributed by atoms with Crippen molar-refractivity contribution < 1.29 is 23.1 Å². The second-order valence-corrected chi connectivity index (χ2v) is 11.3. The Kier molecular flexibility index (Phi) is 9.16. The first-order chi connectivity index (χ1) is 17.9. The average Bonchev–Trinajstić information content (AvgIpc) is 2.83. The van der Waals surface area contributed by atoms with Crippen molar-refractivity contribution in [3.63, 3.8) is 0 Å². The van der Waals surface area contributed by atoms with Gasteiger partial charge in [0.2, 0.25) is 10.0 Å². The van der Waals surface area contributed by atoms with Crippen molar-refractivity contribution in [2.45, 2.75) is 39.7 Å². The molecule has 5 N–H and O–H groups in total. The van der Waals surface area contributed by atoms with Crippen molar-refractivity contribution in [3.05, 3.63) is 64.7 Å². The van der Waals surface area contributed by atoms with Crippen LogP contribution in [0.5, 0.6) is 5.75 Å². The van der Waals surface area contributed by atoms with Gasteiger partial charge in [0.25, 0.3) is 0 Å². The number of carboxylic acid groups (broad SMARTS) is 1. The van der Waals surface area contributed by atoms with Crippen molar-refractivity contribution >= 4 is 39.4 Å². The summed E-state index contributed by atoms with van der Waals surface area (Å²) in [5.41, 5.74) is 8.68. The van der Waals surface area contributed by atoms with Crippen LogP contribution >= 0.6 is 0 Å². The Balaban J connectivity index is 1.86. The fourth-order valence-corrected chi connectivity index (χ4v) is 5.65. The number of hydrogen-bond donors (Lipinski definition) is 4. The van der Waals surface area contributed by atoms with E-state index >= 15 is 0 Å². The fourth-order valence-electron chi connectivity index (χ4n) is 4.44. The zero-order chi connectivity index (χ0) is 28.0. The topological polar surface area (TPSA) is 161 Å². The third-order valence-electron chi connectivity index (χ3n) is 6.35. The van der Waals surface area contributed by atoms with Crippen LogP contribution in [-0.4, -0.2) is 67.6 Å². The Morgan fingerprint density at radius 1 is 1.18 bits per heavy atom. The summed E-state index contributed by atoms with van der Waals surface area (Å²) in [5, 5.41) is 24.6. The molecule has 0 spiro atoms. The van der Waals surface area contributed by atoms with Gasteiger partial charge in [0.15, 0.2) is 5.75 Å². The normalized spacial score (nSPS) is 14.4. The minimum Gasteiger partial charge on any atom is -0.490 e. The van der Waals surface area contributed by atoms with Crippen molar-refractivity contribution in [3.8, 4) is 5.75 Å². The maximum absolute atomic E-state index is 13.1. The molecule has 10 nitrogen and oxygen atoms in total. The van der Waals surface area contributed by atoms with Crippen LogP contribution in [0.3, 0.4) is 0 Å². The molecule has 0 unspecified atom stereocenters. The first-order valence-electron chi connectivity index (χ1n) is 12.3. The number of nitrogens with zero attached hydrogens (tertiary/aromatic N) is 2. The number of piperidine rings is 1. The summed E-state index contributed by atoms with van der Waals surface area (Å²) in [5.74, 6) is -1.32. The first kappa shape index (κ1) is 28.7. The Labute approximate surface area is 223 Å². The Morgan fingerprint density at radius 2 is 1.82 bits per heavy atom. The molecule has 0 aromatic heterocycles. The number of aliphatic carboxylic acids is 1. The van der Waals surface area contributed by atoms with Crippen molar-refractivity contribution in [1.29, 1.82) is 10.8 Å². The van der Waals surface area contributed by atoms with Gasteiger partial charge in [0.1, 0.15) is 17.7 Å². The lowest BCUT2D eigenvalue weighted by Gasteiger charge is -2.33. The smallest absolute Gasteiger partial charge is 0.320 e. The molecule has 1 aliphatic rings. The van der Waals surface area contributed by atoms with Gasteiger partial charge < -0.3 is 20.5 Å². The molecule has 1 heterocycles. The molecular formula is C27H35N5O5S. The first-order valence-corrected chi connectivity index (χ1v) is 13.9. The number of benzene rings is 2. The maximum Gasteiger partial charge on any atom is 0.320 e. The number of nitrogen functional groups attached to an aromatic ring is 1. The van der Waals surface area contributed by atoms with Gasteiger partial charge in [-0.15, -0.1) is 0 Å². The number of rotatable bonds is 10. The van der Waals surface area contributed by atoms with Crippen LogP contribution in [0.2, 0.25) is 0 Å². The van der Waals surface area contributed by atoms with E-state index in [1.54, 1.807) is 55.5 Å². The van der Waals surface area contributed by atoms with E-state index in [1.165, 1.54) is 0 Å². The molecule has 0 amide bonds. The van der Waals surface area contributed by atoms with E-state index in [1.807, 2.05) is 18.7 Å². The van der Waals surface area contributed by atoms with Gasteiger partial charge in [-0.25, -0.2) is 8.42 Å². The molecule has 0 bridgehead atoms. The van der Waals surface area contributed by atoms with E-state index in [9.17, 15) is 18.3 Å². The number of nitrogens with two attached hydrogens (primary N) is 1. The van der Waals surface area contributed by atoms with E-state index in [-0.39, 0.29) is 18.5 Å². The third kappa shape index (κ3) is 7.34. The second kappa shape index (κ2) is 12.1. The minimum absolute atomic E-state index is 0.00519. The van der Waals surface area contributed by atoms with Gasteiger partial charge in [-0.05, 0) is 55.7 Å². The second-order valence-electron chi connectivity index (χ2n) is 9.42. The standard InChI is InChI=1S/C27H35N5O5S/c1-18-14-23(15-19(2)26(18)37-24-9-12-31(13-10-24)20(3)28)32(38(35,36)17-25(33)34)11-5-7-21-6-4-8-22(16-21)27(29)30/h4-8,14-16,24,28H,9-13,17H2,1-3H3,(H3,29,30)(H,33,34)/b7-5+,28-20?. The predicted octanol–water partition coefficient (Wildman–Crippen LogP) is 3.36. The number of likely N-dealkylation sites (tertiary alicyclic amines) is 1. The van der Waals surface area contributed by atoms with Crippen LogP contribution in [0.15, 0.2) is 42.5 Å². The Bertz CT molecular complexity index is 1320. The van der Waals surface area contributed by atoms with Gasteiger partial charge in [-0.3, -0.25) is 19.9 Å². The van der Waals surface area contributed by atoms with Crippen molar-refractivity contribution in [2.24, 2.45) is 5.73 Å². The van der Waals surface area contributed by atoms with Gasteiger partial charge in [-0.2, -0.15) is 0 Å². The quantitative estimate of drug-likeness (QED) is 0.265. The highest BCUT2D eigenvalue weighted by molar-refractivity contribution is 7.93. The van der Waals surface area contributed by atoms with Crippen LogP contribution in [0.4, 0.5) is 5.69 Å². The molecule has 11 heteroatoms. The predicted molar refractivity (Wildman–Crippen MR) is 150 cm³/mol. The summed E-state index contributed by atoms with van der Waals surface area (Å²) in [7, 11) is -4.18. The van der Waals surface area contributed by atoms with E-state index in [2.05, 4.69) is 0 Å². The van der Waals surface area contributed by atoms with E-state index in [4.69, 9.17) is 21.3 Å². The molecule has 204 valence electrons. The van der Waals surface area contributed by atoms with Crippen LogP contribution in [0.25, 0.3) is 6.08 Å². The Morgan fingerprint density at radius 3 is 2.37 bits per heavy atom. The zero-order valence-electron chi connectivity index (χ0n) is 21.9. The molecule has 1 fully saturated rings. The number of carbonyl (C=O) groups is 1. The zero-order valence-corrected chi connectivity index (χ0v) is 22.7. The SMILES string of the molecule is CC(=N)N1CCC(Oc2c(C)cc(N(C/C=C/c3cccc(C(=N)N)c3)S(=O)(=O)CC(=O)O)cc2C)CC1. The minimum atomic E-state index is -4.18. The lowest BCUT2D eigenvalue weighted by atomic mass is 10.1. The maximum atomic E-state index is 13.1. The molecular weight excluding hydrogens is 506 g/mol. The number of sulfonamides is 1. The van der Waals surface area contributed by atoms with Gasteiger partial charge in [0.05, 0.1) is 18.1 Å². The monoisotopic (exact) mass is 541 g/mol. The number of aryl methyl sites for hydroxylation is 2. The summed E-state index contributed by atoms with van der Waals surface area (Å²) in [6.45, 7) is 6.87. The van der Waals surface area contributed by atoms with Crippen LogP contribution < -0.4 is 14.8 Å².